The van der Waals surface area contributed by atoms with Crippen LogP contribution in [0.15, 0.2) is 42.0 Å². The molecule has 0 bridgehead atoms. The van der Waals surface area contributed by atoms with Crippen molar-refractivity contribution >= 4 is 5.95 Å². The van der Waals surface area contributed by atoms with Gasteiger partial charge in [-0.25, -0.2) is 4.68 Å². The number of allylic oxidation sites excluding steroid dienone is 1. The van der Waals surface area contributed by atoms with E-state index in [1.807, 2.05) is 24.3 Å². The normalized spacial score (nSPS) is 16.4. The Bertz CT molecular complexity index is 756. The number of unbranched alkanes of at least 4 members (excludes halogenated alkanes) is 1. The molecular formula is C16H18N6O. The first kappa shape index (κ1) is 14.9. The molecule has 2 heterocycles. The number of hydrogen-bond acceptors (Lipinski definition) is 6. The first-order valence-corrected chi connectivity index (χ1v) is 7.53. The van der Waals surface area contributed by atoms with Gasteiger partial charge >= 0.3 is 0 Å². The molecule has 0 radical (unpaired) electrons. The second kappa shape index (κ2) is 6.40. The smallest absolute Gasteiger partial charge is 0.227 e. The summed E-state index contributed by atoms with van der Waals surface area (Å²) < 4.78 is 7.32. The average molecular weight is 310 g/mol. The summed E-state index contributed by atoms with van der Waals surface area (Å²) in [4.78, 5) is 4.11. The number of ether oxygens (including phenoxy) is 1. The molecule has 1 aliphatic heterocycles. The van der Waals surface area contributed by atoms with Gasteiger partial charge in [0.15, 0.2) is 0 Å². The van der Waals surface area contributed by atoms with Gasteiger partial charge in [0.2, 0.25) is 5.95 Å². The van der Waals surface area contributed by atoms with E-state index < -0.39 is 0 Å². The minimum absolute atomic E-state index is 0.307. The Hall–Kier alpha value is -3.01. The molecule has 0 saturated heterocycles. The largest absolute Gasteiger partial charge is 0.494 e. The Labute approximate surface area is 134 Å². The zero-order valence-electron chi connectivity index (χ0n) is 12.9. The van der Waals surface area contributed by atoms with Crippen LogP contribution in [0.4, 0.5) is 5.95 Å². The molecule has 1 atom stereocenters. The number of hydrogen-bond donors (Lipinski definition) is 2. The number of nitrogens with one attached hydrogen (secondary N) is 1. The van der Waals surface area contributed by atoms with Crippen LogP contribution in [0.2, 0.25) is 0 Å². The van der Waals surface area contributed by atoms with Crippen LogP contribution < -0.4 is 15.8 Å². The highest BCUT2D eigenvalue weighted by atomic mass is 16.5. The van der Waals surface area contributed by atoms with Crippen LogP contribution in [-0.2, 0) is 0 Å². The Morgan fingerprint density at radius 1 is 1.39 bits per heavy atom. The highest BCUT2D eigenvalue weighted by Crippen LogP contribution is 2.33. The molecule has 118 valence electrons. The average Bonchev–Trinajstić information content (AvgIpc) is 3.02. The van der Waals surface area contributed by atoms with Crippen LogP contribution >= 0.6 is 0 Å². The van der Waals surface area contributed by atoms with Gasteiger partial charge in [-0.3, -0.25) is 0 Å². The molecule has 0 spiro atoms. The summed E-state index contributed by atoms with van der Waals surface area (Å²) in [6.07, 6.45) is 3.55. The molecule has 0 unspecified atom stereocenters. The number of fused-ring (bicyclic) bond motifs is 1. The number of nitriles is 1. The lowest BCUT2D eigenvalue weighted by atomic mass is 9.98. The molecule has 1 aliphatic rings. The molecule has 1 aromatic heterocycles. The molecule has 3 N–H and O–H groups in total. The van der Waals surface area contributed by atoms with Gasteiger partial charge in [-0.05, 0) is 24.1 Å². The number of aromatic nitrogens is 3. The summed E-state index contributed by atoms with van der Waals surface area (Å²) in [5.41, 5.74) is 7.26. The fourth-order valence-electron chi connectivity index (χ4n) is 2.50. The first-order valence-electron chi connectivity index (χ1n) is 7.53. The highest BCUT2D eigenvalue weighted by Gasteiger charge is 2.29. The zero-order valence-corrected chi connectivity index (χ0v) is 12.9. The van der Waals surface area contributed by atoms with Gasteiger partial charge in [0.1, 0.15) is 30.0 Å². The van der Waals surface area contributed by atoms with E-state index in [0.717, 1.165) is 24.2 Å². The Morgan fingerprint density at radius 2 is 2.17 bits per heavy atom. The number of anilines is 1. The molecule has 7 heteroatoms. The summed E-state index contributed by atoms with van der Waals surface area (Å²) in [5.74, 6) is 1.64. The van der Waals surface area contributed by atoms with E-state index in [9.17, 15) is 5.26 Å². The van der Waals surface area contributed by atoms with Crippen molar-refractivity contribution in [3.8, 4) is 11.8 Å². The van der Waals surface area contributed by atoms with Crippen molar-refractivity contribution in [2.24, 2.45) is 5.73 Å². The van der Waals surface area contributed by atoms with Crippen LogP contribution in [0.3, 0.4) is 0 Å². The molecule has 1 aromatic carbocycles. The van der Waals surface area contributed by atoms with Crippen molar-refractivity contribution in [3.05, 3.63) is 47.6 Å². The van der Waals surface area contributed by atoms with Crippen LogP contribution in [-0.4, -0.2) is 21.4 Å². The zero-order chi connectivity index (χ0) is 16.2. The lowest BCUT2D eigenvalue weighted by molar-refractivity contribution is 0.309. The molecule has 0 saturated carbocycles. The van der Waals surface area contributed by atoms with Crippen molar-refractivity contribution in [1.29, 1.82) is 5.26 Å². The summed E-state index contributed by atoms with van der Waals surface area (Å²) in [5, 5.41) is 16.5. The minimum Gasteiger partial charge on any atom is -0.494 e. The van der Waals surface area contributed by atoms with Gasteiger partial charge < -0.3 is 15.8 Å². The fourth-order valence-corrected chi connectivity index (χ4v) is 2.50. The number of nitrogens with two attached hydrogens (primary N) is 1. The number of rotatable bonds is 5. The van der Waals surface area contributed by atoms with Crippen LogP contribution in [0, 0.1) is 11.3 Å². The van der Waals surface area contributed by atoms with Gasteiger partial charge in [0, 0.05) is 0 Å². The third-order valence-electron chi connectivity index (χ3n) is 3.71. The highest BCUT2D eigenvalue weighted by molar-refractivity contribution is 5.51. The Morgan fingerprint density at radius 3 is 2.87 bits per heavy atom. The van der Waals surface area contributed by atoms with E-state index in [0.29, 0.717) is 23.9 Å². The first-order chi connectivity index (χ1) is 11.2. The second-order valence-corrected chi connectivity index (χ2v) is 5.27. The maximum Gasteiger partial charge on any atom is 0.227 e. The molecule has 23 heavy (non-hydrogen) atoms. The maximum absolute atomic E-state index is 9.44. The van der Waals surface area contributed by atoms with Crippen LogP contribution in [0.25, 0.3) is 0 Å². The Kier molecular flexibility index (Phi) is 4.15. The molecule has 7 nitrogen and oxygen atoms in total. The van der Waals surface area contributed by atoms with Gasteiger partial charge in [0.05, 0.1) is 12.2 Å². The molecule has 0 aliphatic carbocycles. The van der Waals surface area contributed by atoms with Crippen molar-refractivity contribution in [3.63, 3.8) is 0 Å². The van der Waals surface area contributed by atoms with E-state index in [1.165, 1.54) is 6.33 Å². The lowest BCUT2D eigenvalue weighted by Gasteiger charge is -2.25. The van der Waals surface area contributed by atoms with Crippen molar-refractivity contribution < 1.29 is 4.74 Å². The lowest BCUT2D eigenvalue weighted by Crippen LogP contribution is -2.28. The molecule has 0 fully saturated rings. The van der Waals surface area contributed by atoms with Crippen molar-refractivity contribution in [2.75, 3.05) is 11.9 Å². The summed E-state index contributed by atoms with van der Waals surface area (Å²) >= 11 is 0. The van der Waals surface area contributed by atoms with Crippen molar-refractivity contribution in [1.82, 2.24) is 14.8 Å². The summed E-state index contributed by atoms with van der Waals surface area (Å²) in [6.45, 7) is 2.83. The predicted molar refractivity (Wildman–Crippen MR) is 85.5 cm³/mol. The quantitative estimate of drug-likeness (QED) is 0.821. The van der Waals surface area contributed by atoms with Crippen LogP contribution in [0.5, 0.6) is 5.75 Å². The maximum atomic E-state index is 9.44. The van der Waals surface area contributed by atoms with Crippen molar-refractivity contribution in [2.45, 2.75) is 25.8 Å². The summed E-state index contributed by atoms with van der Waals surface area (Å²) in [7, 11) is 0. The van der Waals surface area contributed by atoms with Gasteiger partial charge in [-0.1, -0.05) is 25.5 Å². The molecule has 2 aromatic rings. The van der Waals surface area contributed by atoms with E-state index in [-0.39, 0.29) is 6.04 Å². The summed E-state index contributed by atoms with van der Waals surface area (Å²) in [6, 6.07) is 9.42. The third-order valence-corrected chi connectivity index (χ3v) is 3.71. The fraction of sp³-hybridized carbons (Fsp3) is 0.312. The number of nitrogens with zero attached hydrogens (tertiary/aromatic N) is 4. The topological polar surface area (TPSA) is 102 Å². The minimum atomic E-state index is -0.386. The van der Waals surface area contributed by atoms with Gasteiger partial charge in [-0.15, -0.1) is 0 Å². The van der Waals surface area contributed by atoms with Gasteiger partial charge in [0.25, 0.3) is 0 Å². The molecule has 0 amide bonds. The molecule has 3 rings (SSSR count). The monoisotopic (exact) mass is 310 g/mol. The van der Waals surface area contributed by atoms with E-state index in [2.05, 4.69) is 28.4 Å². The predicted octanol–water partition coefficient (Wildman–Crippen LogP) is 2.17. The molecular weight excluding hydrogens is 292 g/mol. The third kappa shape index (κ3) is 2.83. The SMILES string of the molecule is CCCCOc1ccc([C@@H]2C(C#N)=C(N)Nc3ncnn32)cc1. The Balaban J connectivity index is 1.90. The van der Waals surface area contributed by atoms with E-state index in [1.54, 1.807) is 4.68 Å². The standard InChI is InChI=1S/C16H18N6O/c1-2-3-8-23-12-6-4-11(5-7-12)14-13(9-17)15(18)21-16-19-10-20-22(14)16/h4-7,10,14H,2-3,8,18H2,1H3,(H,19,20,21)/t14-/m1/s1. The van der Waals surface area contributed by atoms with Crippen LogP contribution in [0.1, 0.15) is 31.4 Å². The van der Waals surface area contributed by atoms with E-state index >= 15 is 0 Å². The van der Waals surface area contributed by atoms with Gasteiger partial charge in [-0.2, -0.15) is 15.3 Å². The number of benzene rings is 1. The van der Waals surface area contributed by atoms with E-state index in [4.69, 9.17) is 10.5 Å². The second-order valence-electron chi connectivity index (χ2n) is 5.27.